The van der Waals surface area contributed by atoms with Crippen molar-refractivity contribution >= 4 is 11.6 Å². The Labute approximate surface area is 109 Å². The van der Waals surface area contributed by atoms with Crippen LogP contribution in [0.15, 0.2) is 30.4 Å². The van der Waals surface area contributed by atoms with E-state index < -0.39 is 0 Å². The van der Waals surface area contributed by atoms with Gasteiger partial charge in [0.05, 0.1) is 5.02 Å². The van der Waals surface area contributed by atoms with E-state index in [1.807, 2.05) is 25.1 Å². The molecule has 1 N–H and O–H groups in total. The molecule has 0 aliphatic rings. The molecule has 0 spiro atoms. The molecule has 0 bridgehead atoms. The summed E-state index contributed by atoms with van der Waals surface area (Å²) in [4.78, 5) is 0. The number of ether oxygens (including phenoxy) is 1. The first-order valence-electron chi connectivity index (χ1n) is 5.89. The van der Waals surface area contributed by atoms with Crippen LogP contribution in [-0.4, -0.2) is 19.7 Å². The van der Waals surface area contributed by atoms with Crippen molar-refractivity contribution in [1.29, 1.82) is 0 Å². The minimum Gasteiger partial charge on any atom is -0.488 e. The summed E-state index contributed by atoms with van der Waals surface area (Å²) in [6, 6.07) is 5.78. The first-order valence-corrected chi connectivity index (χ1v) is 6.27. The highest BCUT2D eigenvalue weighted by Gasteiger charge is 2.02. The van der Waals surface area contributed by atoms with E-state index in [2.05, 4.69) is 18.8 Å². The molecule has 3 heteroatoms. The van der Waals surface area contributed by atoms with Gasteiger partial charge in [0.1, 0.15) is 12.4 Å². The van der Waals surface area contributed by atoms with Gasteiger partial charge < -0.3 is 10.1 Å². The first kappa shape index (κ1) is 14.1. The molecule has 1 aromatic rings. The van der Waals surface area contributed by atoms with Crippen molar-refractivity contribution in [2.45, 2.75) is 20.3 Å². The second-order valence-corrected chi connectivity index (χ2v) is 4.56. The molecule has 0 unspecified atom stereocenters. The highest BCUT2D eigenvalue weighted by molar-refractivity contribution is 6.32. The zero-order valence-corrected chi connectivity index (χ0v) is 11.3. The van der Waals surface area contributed by atoms with E-state index in [0.29, 0.717) is 17.4 Å². The van der Waals surface area contributed by atoms with Gasteiger partial charge in [0.25, 0.3) is 0 Å². The van der Waals surface area contributed by atoms with Crippen molar-refractivity contribution in [2.75, 3.05) is 19.7 Å². The lowest BCUT2D eigenvalue weighted by molar-refractivity contribution is 0.348. The predicted molar refractivity (Wildman–Crippen MR) is 74.0 cm³/mol. The zero-order chi connectivity index (χ0) is 12.7. The van der Waals surface area contributed by atoms with Gasteiger partial charge in [-0.2, -0.15) is 0 Å². The maximum atomic E-state index is 6.07. The number of hydrogen-bond acceptors (Lipinski definition) is 2. The Bertz CT molecular complexity index is 376. The van der Waals surface area contributed by atoms with E-state index in [4.69, 9.17) is 16.3 Å². The van der Waals surface area contributed by atoms with E-state index in [-0.39, 0.29) is 0 Å². The quantitative estimate of drug-likeness (QED) is 0.592. The first-order chi connectivity index (χ1) is 8.13. The lowest BCUT2D eigenvalue weighted by Gasteiger charge is -2.11. The van der Waals surface area contributed by atoms with Crippen LogP contribution in [0.25, 0.3) is 0 Å². The van der Waals surface area contributed by atoms with Gasteiger partial charge in [0.2, 0.25) is 0 Å². The summed E-state index contributed by atoms with van der Waals surface area (Å²) >= 11 is 6.07. The molecular formula is C14H20ClNO. The highest BCUT2D eigenvalue weighted by Crippen LogP contribution is 2.25. The van der Waals surface area contributed by atoms with Crippen molar-refractivity contribution in [1.82, 2.24) is 5.32 Å². The number of nitrogens with one attached hydrogen (secondary N) is 1. The molecule has 0 aromatic heterocycles. The monoisotopic (exact) mass is 253 g/mol. The summed E-state index contributed by atoms with van der Waals surface area (Å²) in [6.45, 7) is 10.4. The Balaban J connectivity index is 2.37. The van der Waals surface area contributed by atoms with E-state index in [0.717, 1.165) is 30.6 Å². The molecule has 1 rings (SSSR count). The van der Waals surface area contributed by atoms with Crippen molar-refractivity contribution < 1.29 is 4.74 Å². The second kappa shape index (κ2) is 7.36. The highest BCUT2D eigenvalue weighted by atomic mass is 35.5. The van der Waals surface area contributed by atoms with Crippen LogP contribution in [0.4, 0.5) is 0 Å². The number of benzene rings is 1. The predicted octanol–water partition coefficient (Wildman–Crippen LogP) is 3.58. The normalized spacial score (nSPS) is 10.3. The summed E-state index contributed by atoms with van der Waals surface area (Å²) < 4.78 is 5.61. The molecule has 0 saturated heterocycles. The van der Waals surface area contributed by atoms with Crippen LogP contribution in [0.2, 0.25) is 5.02 Å². The Morgan fingerprint density at radius 1 is 1.47 bits per heavy atom. The van der Waals surface area contributed by atoms with Gasteiger partial charge in [0.15, 0.2) is 0 Å². The molecule has 0 atom stereocenters. The van der Waals surface area contributed by atoms with E-state index in [1.165, 1.54) is 0 Å². The number of hydrogen-bond donors (Lipinski definition) is 1. The molecule has 0 radical (unpaired) electrons. The van der Waals surface area contributed by atoms with Crippen LogP contribution in [0.3, 0.4) is 0 Å². The number of aryl methyl sites for hydroxylation is 1. The standard InChI is InChI=1S/C14H20ClNO/c1-4-7-16-9-12(3)10-17-14-6-5-11(2)8-13(14)15/h5-6,8,16H,3-4,7,9-10H2,1-2H3. The Hall–Kier alpha value is -0.990. The van der Waals surface area contributed by atoms with E-state index in [1.54, 1.807) is 0 Å². The molecule has 0 fully saturated rings. The fourth-order valence-corrected chi connectivity index (χ4v) is 1.69. The number of halogens is 1. The minimum atomic E-state index is 0.499. The van der Waals surface area contributed by atoms with Gasteiger partial charge in [-0.05, 0) is 43.2 Å². The summed E-state index contributed by atoms with van der Waals surface area (Å²) in [7, 11) is 0. The molecular weight excluding hydrogens is 234 g/mol. The van der Waals surface area contributed by atoms with Crippen molar-refractivity contribution in [3.63, 3.8) is 0 Å². The maximum absolute atomic E-state index is 6.07. The van der Waals surface area contributed by atoms with Gasteiger partial charge in [-0.1, -0.05) is 31.2 Å². The van der Waals surface area contributed by atoms with Gasteiger partial charge in [0, 0.05) is 6.54 Å². The molecule has 94 valence electrons. The third-order valence-corrected chi connectivity index (χ3v) is 2.62. The molecule has 0 heterocycles. The molecule has 0 saturated carbocycles. The van der Waals surface area contributed by atoms with Crippen molar-refractivity contribution in [2.24, 2.45) is 0 Å². The van der Waals surface area contributed by atoms with Crippen LogP contribution >= 0.6 is 11.6 Å². The Morgan fingerprint density at radius 3 is 2.88 bits per heavy atom. The molecule has 0 aliphatic carbocycles. The Kier molecular flexibility index (Phi) is 6.09. The van der Waals surface area contributed by atoms with Gasteiger partial charge in [-0.15, -0.1) is 0 Å². The zero-order valence-electron chi connectivity index (χ0n) is 10.6. The second-order valence-electron chi connectivity index (χ2n) is 4.15. The van der Waals surface area contributed by atoms with Crippen LogP contribution in [0, 0.1) is 6.92 Å². The topological polar surface area (TPSA) is 21.3 Å². The SMILES string of the molecule is C=C(CNCCC)COc1ccc(C)cc1Cl. The third kappa shape index (κ3) is 5.24. The molecule has 0 amide bonds. The van der Waals surface area contributed by atoms with Crippen LogP contribution in [-0.2, 0) is 0 Å². The Morgan fingerprint density at radius 2 is 2.24 bits per heavy atom. The van der Waals surface area contributed by atoms with Crippen LogP contribution in [0.1, 0.15) is 18.9 Å². The summed E-state index contributed by atoms with van der Waals surface area (Å²) in [5.74, 6) is 0.717. The van der Waals surface area contributed by atoms with Gasteiger partial charge in [-0.3, -0.25) is 0 Å². The molecule has 0 aliphatic heterocycles. The van der Waals surface area contributed by atoms with Crippen LogP contribution < -0.4 is 10.1 Å². The summed E-state index contributed by atoms with van der Waals surface area (Å²) in [5, 5.41) is 3.93. The third-order valence-electron chi connectivity index (χ3n) is 2.32. The van der Waals surface area contributed by atoms with Crippen molar-refractivity contribution in [3.05, 3.63) is 40.9 Å². The molecule has 1 aromatic carbocycles. The average molecular weight is 254 g/mol. The fraction of sp³-hybridized carbons (Fsp3) is 0.429. The molecule has 17 heavy (non-hydrogen) atoms. The lowest BCUT2D eigenvalue weighted by Crippen LogP contribution is -2.20. The number of rotatable bonds is 7. The van der Waals surface area contributed by atoms with Crippen LogP contribution in [0.5, 0.6) is 5.75 Å². The lowest BCUT2D eigenvalue weighted by atomic mass is 10.2. The van der Waals surface area contributed by atoms with E-state index in [9.17, 15) is 0 Å². The average Bonchev–Trinajstić information content (AvgIpc) is 2.28. The minimum absolute atomic E-state index is 0.499. The largest absolute Gasteiger partial charge is 0.488 e. The van der Waals surface area contributed by atoms with Crippen molar-refractivity contribution in [3.8, 4) is 5.75 Å². The maximum Gasteiger partial charge on any atom is 0.138 e. The van der Waals surface area contributed by atoms with Gasteiger partial charge in [-0.25, -0.2) is 0 Å². The molecule has 2 nitrogen and oxygen atoms in total. The summed E-state index contributed by atoms with van der Waals surface area (Å²) in [6.07, 6.45) is 1.12. The summed E-state index contributed by atoms with van der Waals surface area (Å²) in [5.41, 5.74) is 2.15. The fourth-order valence-electron chi connectivity index (χ4n) is 1.40. The van der Waals surface area contributed by atoms with E-state index >= 15 is 0 Å². The van der Waals surface area contributed by atoms with Gasteiger partial charge >= 0.3 is 0 Å². The smallest absolute Gasteiger partial charge is 0.138 e.